The van der Waals surface area contributed by atoms with Crippen molar-refractivity contribution in [1.29, 1.82) is 0 Å². The molecular formula is C17H19F3N4O. The summed E-state index contributed by atoms with van der Waals surface area (Å²) in [6, 6.07) is 6.29. The fourth-order valence-electron chi connectivity index (χ4n) is 2.25. The van der Waals surface area contributed by atoms with Gasteiger partial charge in [-0.05, 0) is 35.9 Å². The molecule has 25 heavy (non-hydrogen) atoms. The molecule has 0 fully saturated rings. The lowest BCUT2D eigenvalue weighted by molar-refractivity contribution is -0.137. The third-order valence-electron chi connectivity index (χ3n) is 3.56. The van der Waals surface area contributed by atoms with Crippen molar-refractivity contribution in [3.05, 3.63) is 53.9 Å². The van der Waals surface area contributed by atoms with Crippen LogP contribution in [-0.4, -0.2) is 37.1 Å². The van der Waals surface area contributed by atoms with E-state index in [4.69, 9.17) is 0 Å². The second-order valence-corrected chi connectivity index (χ2v) is 5.77. The molecule has 0 bridgehead atoms. The van der Waals surface area contributed by atoms with E-state index in [0.29, 0.717) is 12.2 Å². The van der Waals surface area contributed by atoms with Crippen molar-refractivity contribution in [3.63, 3.8) is 0 Å². The SMILES string of the molecule is CN(Cc1ccncc1)C(=O)Nc1cc(C(F)(F)F)ccc1N(C)C. The smallest absolute Gasteiger partial charge is 0.376 e. The van der Waals surface area contributed by atoms with Crippen LogP contribution in [-0.2, 0) is 12.7 Å². The van der Waals surface area contributed by atoms with Crippen LogP contribution in [0.3, 0.4) is 0 Å². The summed E-state index contributed by atoms with van der Waals surface area (Å²) in [6.07, 6.45) is -1.26. The van der Waals surface area contributed by atoms with Crippen molar-refractivity contribution >= 4 is 17.4 Å². The van der Waals surface area contributed by atoms with Gasteiger partial charge >= 0.3 is 12.2 Å². The van der Waals surface area contributed by atoms with Crippen LogP contribution < -0.4 is 10.2 Å². The summed E-state index contributed by atoms with van der Waals surface area (Å²) in [4.78, 5) is 19.3. The number of halogens is 3. The summed E-state index contributed by atoms with van der Waals surface area (Å²) >= 11 is 0. The minimum absolute atomic E-state index is 0.103. The van der Waals surface area contributed by atoms with Crippen molar-refractivity contribution in [2.24, 2.45) is 0 Å². The number of benzene rings is 1. The molecular weight excluding hydrogens is 333 g/mol. The van der Waals surface area contributed by atoms with Gasteiger partial charge in [0.25, 0.3) is 0 Å². The topological polar surface area (TPSA) is 48.5 Å². The van der Waals surface area contributed by atoms with Crippen LogP contribution in [0, 0.1) is 0 Å². The molecule has 0 unspecified atom stereocenters. The molecule has 0 aliphatic rings. The molecule has 0 saturated heterocycles. The zero-order chi connectivity index (χ0) is 18.6. The van der Waals surface area contributed by atoms with Crippen LogP contribution in [0.5, 0.6) is 0 Å². The van der Waals surface area contributed by atoms with Crippen molar-refractivity contribution in [2.75, 3.05) is 31.4 Å². The van der Waals surface area contributed by atoms with E-state index in [0.717, 1.165) is 17.7 Å². The quantitative estimate of drug-likeness (QED) is 0.910. The number of aromatic nitrogens is 1. The van der Waals surface area contributed by atoms with Gasteiger partial charge in [0.2, 0.25) is 0 Å². The Bertz CT molecular complexity index is 732. The Labute approximate surface area is 144 Å². The van der Waals surface area contributed by atoms with Gasteiger partial charge < -0.3 is 15.1 Å². The van der Waals surface area contributed by atoms with E-state index >= 15 is 0 Å². The van der Waals surface area contributed by atoms with Crippen molar-refractivity contribution in [1.82, 2.24) is 9.88 Å². The van der Waals surface area contributed by atoms with E-state index in [2.05, 4.69) is 10.3 Å². The molecule has 2 amide bonds. The van der Waals surface area contributed by atoms with Gasteiger partial charge in [0.15, 0.2) is 0 Å². The Morgan fingerprint density at radius 1 is 1.12 bits per heavy atom. The molecule has 0 spiro atoms. The van der Waals surface area contributed by atoms with Gasteiger partial charge in [-0.2, -0.15) is 13.2 Å². The normalized spacial score (nSPS) is 11.1. The zero-order valence-corrected chi connectivity index (χ0v) is 14.1. The maximum absolute atomic E-state index is 12.9. The molecule has 0 aliphatic heterocycles. The van der Waals surface area contributed by atoms with E-state index in [1.54, 1.807) is 50.6 Å². The Hall–Kier alpha value is -2.77. The summed E-state index contributed by atoms with van der Waals surface area (Å²) in [7, 11) is 4.95. The number of carbonyl (C=O) groups excluding carboxylic acids is 1. The van der Waals surface area contributed by atoms with E-state index in [9.17, 15) is 18.0 Å². The first-order chi connectivity index (χ1) is 11.7. The number of carbonyl (C=O) groups is 1. The van der Waals surface area contributed by atoms with Crippen LogP contribution in [0.15, 0.2) is 42.7 Å². The highest BCUT2D eigenvalue weighted by molar-refractivity contribution is 5.93. The maximum Gasteiger partial charge on any atom is 0.416 e. The molecule has 2 rings (SSSR count). The second kappa shape index (κ2) is 7.42. The summed E-state index contributed by atoms with van der Waals surface area (Å²) in [6.45, 7) is 0.310. The first-order valence-electron chi connectivity index (χ1n) is 7.48. The number of rotatable bonds is 4. The van der Waals surface area contributed by atoms with Crippen LogP contribution in [0.2, 0.25) is 0 Å². The first-order valence-corrected chi connectivity index (χ1v) is 7.48. The Morgan fingerprint density at radius 3 is 2.32 bits per heavy atom. The average molecular weight is 352 g/mol. The summed E-state index contributed by atoms with van der Waals surface area (Å²) in [5, 5.41) is 2.55. The molecule has 8 heteroatoms. The van der Waals surface area contributed by atoms with Gasteiger partial charge in [0.05, 0.1) is 16.9 Å². The highest BCUT2D eigenvalue weighted by Gasteiger charge is 2.31. The minimum atomic E-state index is -4.48. The molecule has 1 aromatic heterocycles. The van der Waals surface area contributed by atoms with Crippen molar-refractivity contribution in [2.45, 2.75) is 12.7 Å². The van der Waals surface area contributed by atoms with Crippen molar-refractivity contribution < 1.29 is 18.0 Å². The molecule has 5 nitrogen and oxygen atoms in total. The fourth-order valence-corrected chi connectivity index (χ4v) is 2.25. The number of hydrogen-bond acceptors (Lipinski definition) is 3. The molecule has 0 aliphatic carbocycles. The van der Waals surface area contributed by atoms with Crippen molar-refractivity contribution in [3.8, 4) is 0 Å². The average Bonchev–Trinajstić information content (AvgIpc) is 2.54. The third kappa shape index (κ3) is 4.85. The molecule has 1 aromatic carbocycles. The first kappa shape index (κ1) is 18.6. The number of nitrogens with zero attached hydrogens (tertiary/aromatic N) is 3. The number of alkyl halides is 3. The molecule has 0 saturated carbocycles. The van der Waals surface area contributed by atoms with Crippen LogP contribution in [0.1, 0.15) is 11.1 Å². The second-order valence-electron chi connectivity index (χ2n) is 5.77. The maximum atomic E-state index is 12.9. The lowest BCUT2D eigenvalue weighted by Gasteiger charge is -2.23. The number of hydrogen-bond donors (Lipinski definition) is 1. The molecule has 1 N–H and O–H groups in total. The minimum Gasteiger partial charge on any atom is -0.376 e. The summed E-state index contributed by atoms with van der Waals surface area (Å²) < 4.78 is 38.8. The molecule has 0 radical (unpaired) electrons. The monoisotopic (exact) mass is 352 g/mol. The highest BCUT2D eigenvalue weighted by atomic mass is 19.4. The molecule has 0 atom stereocenters. The largest absolute Gasteiger partial charge is 0.416 e. The van der Waals surface area contributed by atoms with Gasteiger partial charge in [-0.25, -0.2) is 4.79 Å². The highest BCUT2D eigenvalue weighted by Crippen LogP contribution is 2.35. The van der Waals surface area contributed by atoms with E-state index in [1.165, 1.54) is 11.0 Å². The summed E-state index contributed by atoms with van der Waals surface area (Å²) in [5.74, 6) is 0. The Kier molecular flexibility index (Phi) is 5.51. The fraction of sp³-hybridized carbons (Fsp3) is 0.294. The number of nitrogens with one attached hydrogen (secondary N) is 1. The van der Waals surface area contributed by atoms with Gasteiger partial charge in [0, 0.05) is 40.1 Å². The van der Waals surface area contributed by atoms with Gasteiger partial charge in [-0.1, -0.05) is 0 Å². The Morgan fingerprint density at radius 2 is 1.76 bits per heavy atom. The number of pyridine rings is 1. The van der Waals surface area contributed by atoms with E-state index in [-0.39, 0.29) is 5.69 Å². The third-order valence-corrected chi connectivity index (χ3v) is 3.56. The number of amides is 2. The number of urea groups is 1. The van der Waals surface area contributed by atoms with Gasteiger partial charge in [-0.15, -0.1) is 0 Å². The number of anilines is 2. The predicted molar refractivity (Wildman–Crippen MR) is 90.5 cm³/mol. The summed E-state index contributed by atoms with van der Waals surface area (Å²) in [5.41, 5.74) is 0.639. The molecule has 134 valence electrons. The van der Waals surface area contributed by atoms with Gasteiger partial charge in [-0.3, -0.25) is 4.98 Å². The zero-order valence-electron chi connectivity index (χ0n) is 14.1. The van der Waals surface area contributed by atoms with Gasteiger partial charge in [0.1, 0.15) is 0 Å². The lowest BCUT2D eigenvalue weighted by Crippen LogP contribution is -2.31. The lowest BCUT2D eigenvalue weighted by atomic mass is 10.1. The van der Waals surface area contributed by atoms with E-state index in [1.807, 2.05) is 0 Å². The van der Waals surface area contributed by atoms with Crippen LogP contribution >= 0.6 is 0 Å². The molecule has 1 heterocycles. The van der Waals surface area contributed by atoms with E-state index < -0.39 is 17.8 Å². The Balaban J connectivity index is 2.20. The van der Waals surface area contributed by atoms with Crippen LogP contribution in [0.25, 0.3) is 0 Å². The van der Waals surface area contributed by atoms with Crippen LogP contribution in [0.4, 0.5) is 29.3 Å². The standard InChI is InChI=1S/C17H19F3N4O/c1-23(2)15-5-4-13(17(18,19)20)10-14(15)22-16(25)24(3)11-12-6-8-21-9-7-12/h4-10H,11H2,1-3H3,(H,22,25). The predicted octanol–water partition coefficient (Wildman–Crippen LogP) is 3.83. The molecule has 2 aromatic rings.